The van der Waals surface area contributed by atoms with E-state index in [0.717, 1.165) is 27.9 Å². The molecule has 0 saturated heterocycles. The number of benzene rings is 6. The second-order valence-electron chi connectivity index (χ2n) is 11.4. The van der Waals surface area contributed by atoms with Gasteiger partial charge in [0, 0.05) is 25.0 Å². The summed E-state index contributed by atoms with van der Waals surface area (Å²) in [6.45, 7) is 4.58. The Bertz CT molecular complexity index is 1850. The molecule has 0 bridgehead atoms. The Balaban J connectivity index is 1.38. The number of hydrogen-bond donors (Lipinski definition) is 0. The molecule has 204 valence electrons. The minimum Gasteiger partial charge on any atom is -0.449 e. The molecule has 0 unspecified atom stereocenters. The molecule has 0 N–H and O–H groups in total. The van der Waals surface area contributed by atoms with E-state index in [0.29, 0.717) is 0 Å². The van der Waals surface area contributed by atoms with Crippen molar-refractivity contribution in [3.63, 3.8) is 0 Å². The Morgan fingerprint density at radius 1 is 0.452 bits per heavy atom. The smallest absolute Gasteiger partial charge is 0.183 e. The molecule has 2 nitrogen and oxygen atoms in total. The molecule has 0 spiro atoms. The number of rotatable bonds is 4. The van der Waals surface area contributed by atoms with E-state index < -0.39 is 10.0 Å². The lowest BCUT2D eigenvalue weighted by Crippen LogP contribution is -2.15. The quantitative estimate of drug-likeness (QED) is 0.212. The van der Waals surface area contributed by atoms with Crippen LogP contribution in [-0.4, -0.2) is 0 Å². The lowest BCUT2D eigenvalue weighted by molar-refractivity contribution is 0.351. The highest BCUT2D eigenvalue weighted by Crippen LogP contribution is 2.76. The number of para-hydroxylation sites is 1. The zero-order valence-corrected chi connectivity index (χ0v) is 24.4. The van der Waals surface area contributed by atoms with Gasteiger partial charge in [0.25, 0.3) is 0 Å². The normalized spacial score (nSPS) is 14.4. The van der Waals surface area contributed by atoms with Crippen LogP contribution >= 0.6 is 10.0 Å². The second kappa shape index (κ2) is 9.40. The van der Waals surface area contributed by atoms with Gasteiger partial charge in [0.1, 0.15) is 0 Å². The third-order valence-corrected chi connectivity index (χ3v) is 12.6. The lowest BCUT2D eigenvalue weighted by atomic mass is 9.82. The van der Waals surface area contributed by atoms with Crippen LogP contribution in [0.1, 0.15) is 25.0 Å². The van der Waals surface area contributed by atoms with E-state index in [4.69, 9.17) is 9.47 Å². The fourth-order valence-electron chi connectivity index (χ4n) is 6.68. The fraction of sp³-hybridized carbons (Fsp3) is 0.0769. The summed E-state index contributed by atoms with van der Waals surface area (Å²) in [5.74, 6) is 3.04. The zero-order valence-electron chi connectivity index (χ0n) is 23.6. The van der Waals surface area contributed by atoms with Crippen molar-refractivity contribution in [2.24, 2.45) is 0 Å². The molecule has 1 aliphatic heterocycles. The van der Waals surface area contributed by atoms with Crippen molar-refractivity contribution in [1.29, 1.82) is 0 Å². The van der Waals surface area contributed by atoms with Crippen molar-refractivity contribution in [3.05, 3.63) is 157 Å². The monoisotopic (exact) mass is 562 g/mol. The minimum atomic E-state index is -1.94. The Morgan fingerprint density at radius 2 is 1.00 bits per heavy atom. The Kier molecular flexibility index (Phi) is 5.60. The Morgan fingerprint density at radius 3 is 1.62 bits per heavy atom. The molecule has 0 radical (unpaired) electrons. The molecule has 0 aromatic heterocycles. The van der Waals surface area contributed by atoms with E-state index >= 15 is 0 Å². The van der Waals surface area contributed by atoms with Crippen LogP contribution < -0.4 is 9.47 Å². The maximum atomic E-state index is 6.98. The van der Waals surface area contributed by atoms with Crippen molar-refractivity contribution >= 4 is 10.0 Å². The summed E-state index contributed by atoms with van der Waals surface area (Å²) in [5.41, 5.74) is 4.97. The summed E-state index contributed by atoms with van der Waals surface area (Å²) in [6, 6.07) is 52.0. The number of hydrogen-bond acceptors (Lipinski definition) is 2. The molecule has 0 saturated carbocycles. The van der Waals surface area contributed by atoms with E-state index in [2.05, 4.69) is 153 Å². The van der Waals surface area contributed by atoms with Crippen LogP contribution in [-0.2, 0) is 5.41 Å². The predicted molar refractivity (Wildman–Crippen MR) is 171 cm³/mol. The molecule has 2 aliphatic rings. The maximum Gasteiger partial charge on any atom is 0.183 e. The summed E-state index contributed by atoms with van der Waals surface area (Å²) in [5, 5.41) is 0. The lowest BCUT2D eigenvalue weighted by Gasteiger charge is -2.43. The van der Waals surface area contributed by atoms with Crippen molar-refractivity contribution in [2.75, 3.05) is 0 Å². The number of fused-ring (bicyclic) bond motifs is 5. The fourth-order valence-corrected chi connectivity index (χ4v) is 10.7. The van der Waals surface area contributed by atoms with Gasteiger partial charge in [-0.15, -0.1) is 10.0 Å². The summed E-state index contributed by atoms with van der Waals surface area (Å²) in [7, 11) is -1.94. The molecular weight excluding hydrogens is 532 g/mol. The van der Waals surface area contributed by atoms with Crippen molar-refractivity contribution < 1.29 is 9.47 Å². The van der Waals surface area contributed by atoms with Gasteiger partial charge in [-0.25, -0.2) is 0 Å². The average molecular weight is 563 g/mol. The van der Waals surface area contributed by atoms with Gasteiger partial charge in [-0.05, 0) is 82.9 Å². The SMILES string of the molecule is CC1(C)c2ccccc2-c2cc3c(cc21)Oc1cccc(S(c2ccccc2)(c2ccccc2)c2ccccc2)c1O3. The standard InChI is InChI=1S/C39H30O2S/c1-39(2)32-22-13-12-21-30(32)31-25-35-36(26-33(31)39)40-34-23-14-24-37(38(34)41-35)42(27-15-6-3-7-16-27,28-17-8-4-9-18-28)29-19-10-5-11-20-29/h3-26H,1-2H3. The molecule has 0 amide bonds. The van der Waals surface area contributed by atoms with E-state index in [1.165, 1.54) is 36.9 Å². The third-order valence-electron chi connectivity index (χ3n) is 8.64. The first-order valence-corrected chi connectivity index (χ1v) is 16.0. The minimum absolute atomic E-state index is 0.111. The van der Waals surface area contributed by atoms with Gasteiger partial charge in [-0.3, -0.25) is 0 Å². The van der Waals surface area contributed by atoms with Crippen LogP contribution in [0.25, 0.3) is 11.1 Å². The van der Waals surface area contributed by atoms with E-state index in [1.807, 2.05) is 6.07 Å². The van der Waals surface area contributed by atoms with E-state index in [1.54, 1.807) is 0 Å². The molecule has 42 heavy (non-hydrogen) atoms. The van der Waals surface area contributed by atoms with Gasteiger partial charge < -0.3 is 9.47 Å². The summed E-state index contributed by atoms with van der Waals surface area (Å²) in [4.78, 5) is 4.86. The van der Waals surface area contributed by atoms with Crippen LogP contribution in [0.3, 0.4) is 0 Å². The van der Waals surface area contributed by atoms with Crippen LogP contribution in [0.4, 0.5) is 0 Å². The summed E-state index contributed by atoms with van der Waals surface area (Å²) >= 11 is 0. The molecular formula is C39H30O2S. The average Bonchev–Trinajstić information content (AvgIpc) is 3.26. The van der Waals surface area contributed by atoms with Gasteiger partial charge in [0.15, 0.2) is 23.0 Å². The highest BCUT2D eigenvalue weighted by atomic mass is 32.3. The van der Waals surface area contributed by atoms with Crippen LogP contribution in [0, 0.1) is 0 Å². The highest BCUT2D eigenvalue weighted by molar-refractivity contribution is 8.34. The second-order valence-corrected chi connectivity index (χ2v) is 14.4. The molecule has 8 rings (SSSR count). The first-order valence-electron chi connectivity index (χ1n) is 14.3. The first-order chi connectivity index (χ1) is 20.6. The maximum absolute atomic E-state index is 6.98. The van der Waals surface area contributed by atoms with E-state index in [-0.39, 0.29) is 5.41 Å². The molecule has 1 heterocycles. The molecule has 0 fully saturated rings. The summed E-state index contributed by atoms with van der Waals surface area (Å²) < 4.78 is 13.7. The largest absolute Gasteiger partial charge is 0.449 e. The highest BCUT2D eigenvalue weighted by Gasteiger charge is 2.40. The van der Waals surface area contributed by atoms with Crippen LogP contribution in [0.2, 0.25) is 0 Å². The van der Waals surface area contributed by atoms with Gasteiger partial charge in [-0.2, -0.15) is 0 Å². The Hall–Kier alpha value is -4.73. The van der Waals surface area contributed by atoms with E-state index in [9.17, 15) is 0 Å². The molecule has 6 aromatic carbocycles. The van der Waals surface area contributed by atoms with Gasteiger partial charge in [-0.1, -0.05) is 98.8 Å². The van der Waals surface area contributed by atoms with Crippen molar-refractivity contribution in [3.8, 4) is 34.1 Å². The van der Waals surface area contributed by atoms with Crippen molar-refractivity contribution in [2.45, 2.75) is 38.8 Å². The zero-order chi connectivity index (χ0) is 28.3. The molecule has 1 aliphatic carbocycles. The molecule has 6 aromatic rings. The van der Waals surface area contributed by atoms with Gasteiger partial charge >= 0.3 is 0 Å². The van der Waals surface area contributed by atoms with Gasteiger partial charge in [0.2, 0.25) is 0 Å². The third kappa shape index (κ3) is 3.53. The van der Waals surface area contributed by atoms with Crippen molar-refractivity contribution in [1.82, 2.24) is 0 Å². The van der Waals surface area contributed by atoms with Gasteiger partial charge in [0.05, 0.1) is 0 Å². The topological polar surface area (TPSA) is 18.5 Å². The number of ether oxygens (including phenoxy) is 2. The Labute approximate surface area is 248 Å². The van der Waals surface area contributed by atoms with Crippen LogP contribution in [0.15, 0.2) is 165 Å². The first kappa shape index (κ1) is 25.0. The predicted octanol–water partition coefficient (Wildman–Crippen LogP) is 11.2. The summed E-state index contributed by atoms with van der Waals surface area (Å²) in [6.07, 6.45) is 0. The molecule has 3 heteroatoms. The molecule has 0 atom stereocenters. The van der Waals surface area contributed by atoms with Crippen LogP contribution in [0.5, 0.6) is 23.0 Å².